The minimum Gasteiger partial charge on any atom is -0.497 e. The number of hydrogen-bond donors (Lipinski definition) is 0. The number of aryl methyl sites for hydroxylation is 1. The van der Waals surface area contributed by atoms with E-state index in [-0.39, 0.29) is 22.3 Å². The highest BCUT2D eigenvalue weighted by atomic mass is 16.5. The van der Waals surface area contributed by atoms with Gasteiger partial charge in [-0.3, -0.25) is 0 Å². The van der Waals surface area contributed by atoms with Crippen molar-refractivity contribution in [2.75, 3.05) is 27.7 Å². The fourth-order valence-corrected chi connectivity index (χ4v) is 4.53. The number of hydrogen-bond acceptors (Lipinski definition) is 2. The Morgan fingerprint density at radius 3 is 1.73 bits per heavy atom. The topological polar surface area (TPSA) is 12.5 Å². The largest absolute Gasteiger partial charge is 0.497 e. The standard InChI is InChI=1S/C15H25NO.C13H20.3CH4/c1-6-15(12(2)11-16(3)4)13-8-7-9-14(10-13)17-5;1-5-13(10(2)3)12-8-6-7-11(4)9-12;;;/h7-10,12,15H,6,11H2,1-5H3;6-10,13H,5H2,1-4H3;3*1H4. The second-order valence-electron chi connectivity index (χ2n) is 9.20. The van der Waals surface area contributed by atoms with Crippen molar-refractivity contribution in [2.45, 2.75) is 88.5 Å². The van der Waals surface area contributed by atoms with E-state index in [9.17, 15) is 0 Å². The normalized spacial score (nSPS) is 12.8. The van der Waals surface area contributed by atoms with Gasteiger partial charge in [0.05, 0.1) is 7.11 Å². The number of ether oxygens (including phenoxy) is 1. The molecule has 0 amide bonds. The van der Waals surface area contributed by atoms with Crippen LogP contribution in [0.4, 0.5) is 0 Å². The number of benzene rings is 2. The van der Waals surface area contributed by atoms with Gasteiger partial charge in [0.1, 0.15) is 5.75 Å². The van der Waals surface area contributed by atoms with Crippen molar-refractivity contribution in [1.29, 1.82) is 0 Å². The summed E-state index contributed by atoms with van der Waals surface area (Å²) < 4.78 is 5.30. The van der Waals surface area contributed by atoms with Crippen LogP contribution in [-0.4, -0.2) is 32.6 Å². The first-order valence-electron chi connectivity index (χ1n) is 11.6. The molecule has 33 heavy (non-hydrogen) atoms. The number of nitrogens with zero attached hydrogens (tertiary/aromatic N) is 1. The van der Waals surface area contributed by atoms with Crippen LogP contribution < -0.4 is 4.74 Å². The Kier molecular flexibility index (Phi) is 20.2. The van der Waals surface area contributed by atoms with Gasteiger partial charge >= 0.3 is 0 Å². The molecule has 0 fully saturated rings. The third-order valence-electron chi connectivity index (χ3n) is 6.02. The summed E-state index contributed by atoms with van der Waals surface area (Å²) in [6.07, 6.45) is 2.41. The Labute approximate surface area is 208 Å². The van der Waals surface area contributed by atoms with Gasteiger partial charge in [-0.05, 0) is 80.8 Å². The third-order valence-corrected chi connectivity index (χ3v) is 6.02. The molecule has 2 heteroatoms. The molecule has 0 aromatic heterocycles. The van der Waals surface area contributed by atoms with Crippen molar-refractivity contribution in [3.05, 3.63) is 65.2 Å². The van der Waals surface area contributed by atoms with Crippen molar-refractivity contribution in [3.63, 3.8) is 0 Å². The Bertz CT molecular complexity index is 722. The van der Waals surface area contributed by atoms with Crippen LogP contribution in [0, 0.1) is 18.8 Å². The molecule has 0 aliphatic rings. The summed E-state index contributed by atoms with van der Waals surface area (Å²) in [4.78, 5) is 2.26. The molecular formula is C31H57NO. The smallest absolute Gasteiger partial charge is 0.119 e. The lowest BCUT2D eigenvalue weighted by Crippen LogP contribution is -2.24. The quantitative estimate of drug-likeness (QED) is 0.370. The molecule has 2 aromatic rings. The third kappa shape index (κ3) is 12.3. The van der Waals surface area contributed by atoms with Crippen LogP contribution in [0.3, 0.4) is 0 Å². The maximum atomic E-state index is 5.30. The zero-order valence-electron chi connectivity index (χ0n) is 20.9. The average molecular weight is 460 g/mol. The van der Waals surface area contributed by atoms with Gasteiger partial charge in [0.2, 0.25) is 0 Å². The average Bonchev–Trinajstić information content (AvgIpc) is 2.69. The van der Waals surface area contributed by atoms with Crippen LogP contribution in [-0.2, 0) is 0 Å². The van der Waals surface area contributed by atoms with E-state index in [1.165, 1.54) is 29.5 Å². The molecule has 0 bridgehead atoms. The molecule has 192 valence electrons. The van der Waals surface area contributed by atoms with Gasteiger partial charge in [0.25, 0.3) is 0 Å². The van der Waals surface area contributed by atoms with Crippen molar-refractivity contribution >= 4 is 0 Å². The molecule has 0 spiro atoms. The Morgan fingerprint density at radius 2 is 1.30 bits per heavy atom. The van der Waals surface area contributed by atoms with Crippen molar-refractivity contribution in [2.24, 2.45) is 11.8 Å². The first-order chi connectivity index (χ1) is 14.2. The maximum absolute atomic E-state index is 5.30. The lowest BCUT2D eigenvalue weighted by atomic mass is 9.85. The maximum Gasteiger partial charge on any atom is 0.119 e. The van der Waals surface area contributed by atoms with Crippen LogP contribution in [0.15, 0.2) is 48.5 Å². The summed E-state index contributed by atoms with van der Waals surface area (Å²) in [6, 6.07) is 17.4. The zero-order valence-corrected chi connectivity index (χ0v) is 20.9. The summed E-state index contributed by atoms with van der Waals surface area (Å²) in [5.74, 6) is 3.68. The summed E-state index contributed by atoms with van der Waals surface area (Å²) in [7, 11) is 5.99. The summed E-state index contributed by atoms with van der Waals surface area (Å²) in [6.45, 7) is 14.7. The highest BCUT2D eigenvalue weighted by Gasteiger charge is 2.18. The van der Waals surface area contributed by atoms with Gasteiger partial charge in [0, 0.05) is 6.54 Å². The van der Waals surface area contributed by atoms with Gasteiger partial charge in [-0.15, -0.1) is 0 Å². The van der Waals surface area contributed by atoms with Crippen molar-refractivity contribution in [3.8, 4) is 5.75 Å². The van der Waals surface area contributed by atoms with E-state index in [0.717, 1.165) is 24.1 Å². The zero-order chi connectivity index (χ0) is 22.7. The predicted molar refractivity (Wildman–Crippen MR) is 153 cm³/mol. The van der Waals surface area contributed by atoms with E-state index < -0.39 is 0 Å². The molecule has 2 nitrogen and oxygen atoms in total. The van der Waals surface area contributed by atoms with Crippen LogP contribution in [0.2, 0.25) is 0 Å². The van der Waals surface area contributed by atoms with E-state index >= 15 is 0 Å². The fraction of sp³-hybridized carbons (Fsp3) is 0.613. The molecule has 3 unspecified atom stereocenters. The molecule has 2 aromatic carbocycles. The van der Waals surface area contributed by atoms with Crippen LogP contribution in [0.25, 0.3) is 0 Å². The molecule has 0 radical (unpaired) electrons. The minimum absolute atomic E-state index is 0. The van der Waals surface area contributed by atoms with E-state index in [4.69, 9.17) is 4.74 Å². The summed E-state index contributed by atoms with van der Waals surface area (Å²) >= 11 is 0. The first-order valence-corrected chi connectivity index (χ1v) is 11.6. The second kappa shape index (κ2) is 18.6. The van der Waals surface area contributed by atoms with E-state index in [1.54, 1.807) is 7.11 Å². The molecule has 0 saturated heterocycles. The minimum atomic E-state index is 0. The summed E-state index contributed by atoms with van der Waals surface area (Å²) in [5, 5.41) is 0. The van der Waals surface area contributed by atoms with Gasteiger partial charge in [-0.1, -0.05) is 98.9 Å². The SMILES string of the molecule is C.C.C.CCC(c1cccc(C)c1)C(C)C.CCC(c1cccc(OC)c1)C(C)CN(C)C. The van der Waals surface area contributed by atoms with Crippen LogP contribution in [0.1, 0.15) is 98.3 Å². The highest BCUT2D eigenvalue weighted by Crippen LogP contribution is 2.30. The molecule has 0 N–H and O–H groups in total. The van der Waals surface area contributed by atoms with Crippen LogP contribution in [0.5, 0.6) is 5.75 Å². The van der Waals surface area contributed by atoms with Crippen molar-refractivity contribution in [1.82, 2.24) is 4.90 Å². The van der Waals surface area contributed by atoms with Crippen molar-refractivity contribution < 1.29 is 4.74 Å². The Balaban J connectivity index is -0.000000514. The lowest BCUT2D eigenvalue weighted by molar-refractivity contribution is 0.301. The molecule has 0 aliphatic heterocycles. The van der Waals surface area contributed by atoms with Gasteiger partial charge in [0.15, 0.2) is 0 Å². The molecule has 0 aliphatic carbocycles. The molecule has 0 heterocycles. The second-order valence-corrected chi connectivity index (χ2v) is 9.20. The van der Waals surface area contributed by atoms with E-state index in [2.05, 4.69) is 103 Å². The summed E-state index contributed by atoms with van der Waals surface area (Å²) in [5.41, 5.74) is 4.26. The van der Waals surface area contributed by atoms with Gasteiger partial charge < -0.3 is 9.64 Å². The predicted octanol–water partition coefficient (Wildman–Crippen LogP) is 9.44. The fourth-order valence-electron chi connectivity index (χ4n) is 4.53. The molecule has 2 rings (SSSR count). The Morgan fingerprint density at radius 1 is 0.788 bits per heavy atom. The molecule has 3 atom stereocenters. The van der Waals surface area contributed by atoms with Gasteiger partial charge in [-0.25, -0.2) is 0 Å². The monoisotopic (exact) mass is 459 g/mol. The van der Waals surface area contributed by atoms with E-state index in [0.29, 0.717) is 11.8 Å². The van der Waals surface area contributed by atoms with E-state index in [1.807, 2.05) is 6.07 Å². The Hall–Kier alpha value is -1.80. The highest BCUT2D eigenvalue weighted by molar-refractivity contribution is 5.31. The number of methoxy groups -OCH3 is 1. The lowest BCUT2D eigenvalue weighted by Gasteiger charge is -2.26. The van der Waals surface area contributed by atoms with Crippen LogP contribution >= 0.6 is 0 Å². The van der Waals surface area contributed by atoms with Gasteiger partial charge in [-0.2, -0.15) is 0 Å². The molecule has 0 saturated carbocycles. The molecular weight excluding hydrogens is 402 g/mol. The number of rotatable bonds is 9. The first kappa shape index (κ1) is 35.8.